The van der Waals surface area contributed by atoms with E-state index in [2.05, 4.69) is 55.7 Å². The lowest BCUT2D eigenvalue weighted by molar-refractivity contribution is 0.320. The SMILES string of the molecule is C=C1C=C(c2ccc(CCC)cc2CN2CCC(C)C2)Cc2c(Cl)cccc21. The van der Waals surface area contributed by atoms with E-state index in [-0.39, 0.29) is 0 Å². The molecule has 146 valence electrons. The van der Waals surface area contributed by atoms with Gasteiger partial charge in [0.2, 0.25) is 0 Å². The fourth-order valence-corrected chi connectivity index (χ4v) is 4.93. The Kier molecular flexibility index (Phi) is 5.75. The second-order valence-corrected chi connectivity index (χ2v) is 8.92. The summed E-state index contributed by atoms with van der Waals surface area (Å²) in [5.41, 5.74) is 9.08. The zero-order chi connectivity index (χ0) is 19.7. The molecule has 1 unspecified atom stereocenters. The quantitative estimate of drug-likeness (QED) is 0.542. The van der Waals surface area contributed by atoms with E-state index in [9.17, 15) is 0 Å². The van der Waals surface area contributed by atoms with E-state index in [0.717, 1.165) is 35.9 Å². The zero-order valence-corrected chi connectivity index (χ0v) is 17.9. The van der Waals surface area contributed by atoms with Gasteiger partial charge in [0.25, 0.3) is 0 Å². The van der Waals surface area contributed by atoms with Crippen LogP contribution in [0.15, 0.2) is 49.1 Å². The highest BCUT2D eigenvalue weighted by molar-refractivity contribution is 6.31. The van der Waals surface area contributed by atoms with Crippen LogP contribution in [0.2, 0.25) is 5.02 Å². The van der Waals surface area contributed by atoms with Gasteiger partial charge in [-0.05, 0) is 70.3 Å². The van der Waals surface area contributed by atoms with Gasteiger partial charge in [0.15, 0.2) is 0 Å². The third-order valence-electron chi connectivity index (χ3n) is 6.14. The van der Waals surface area contributed by atoms with Gasteiger partial charge in [-0.25, -0.2) is 0 Å². The largest absolute Gasteiger partial charge is 0.299 e. The molecule has 1 aliphatic carbocycles. The van der Waals surface area contributed by atoms with Crippen molar-refractivity contribution in [2.45, 2.75) is 46.1 Å². The van der Waals surface area contributed by atoms with Gasteiger partial charge in [-0.3, -0.25) is 4.90 Å². The number of likely N-dealkylation sites (tertiary alicyclic amines) is 1. The van der Waals surface area contributed by atoms with Crippen LogP contribution in [0.4, 0.5) is 0 Å². The fourth-order valence-electron chi connectivity index (χ4n) is 4.69. The zero-order valence-electron chi connectivity index (χ0n) is 17.1. The molecule has 2 aliphatic rings. The highest BCUT2D eigenvalue weighted by Gasteiger charge is 2.23. The van der Waals surface area contributed by atoms with Gasteiger partial charge in [0.05, 0.1) is 0 Å². The molecular formula is C26H30ClN. The third kappa shape index (κ3) is 3.97. The molecule has 0 bridgehead atoms. The number of allylic oxidation sites excluding steroid dienone is 3. The molecule has 1 saturated heterocycles. The molecule has 1 fully saturated rings. The molecule has 0 saturated carbocycles. The number of hydrogen-bond donors (Lipinski definition) is 0. The van der Waals surface area contributed by atoms with E-state index < -0.39 is 0 Å². The van der Waals surface area contributed by atoms with Crippen LogP contribution in [0.5, 0.6) is 0 Å². The molecule has 2 heteroatoms. The lowest BCUT2D eigenvalue weighted by Gasteiger charge is -2.24. The average Bonchev–Trinajstić information content (AvgIpc) is 3.08. The summed E-state index contributed by atoms with van der Waals surface area (Å²) in [7, 11) is 0. The highest BCUT2D eigenvalue weighted by Crippen LogP contribution is 2.38. The van der Waals surface area contributed by atoms with Crippen LogP contribution in [-0.2, 0) is 19.4 Å². The van der Waals surface area contributed by atoms with E-state index in [1.165, 1.54) is 59.3 Å². The van der Waals surface area contributed by atoms with Crippen LogP contribution >= 0.6 is 11.6 Å². The van der Waals surface area contributed by atoms with Gasteiger partial charge in [-0.15, -0.1) is 0 Å². The van der Waals surface area contributed by atoms with Gasteiger partial charge in [-0.1, -0.05) is 74.9 Å². The van der Waals surface area contributed by atoms with Crippen molar-refractivity contribution in [2.75, 3.05) is 13.1 Å². The minimum Gasteiger partial charge on any atom is -0.299 e. The molecule has 0 amide bonds. The second kappa shape index (κ2) is 8.27. The van der Waals surface area contributed by atoms with Crippen LogP contribution in [-0.4, -0.2) is 18.0 Å². The maximum Gasteiger partial charge on any atom is 0.0447 e. The number of hydrogen-bond acceptors (Lipinski definition) is 1. The molecule has 1 atom stereocenters. The molecule has 28 heavy (non-hydrogen) atoms. The highest BCUT2D eigenvalue weighted by atomic mass is 35.5. The Bertz CT molecular complexity index is 924. The van der Waals surface area contributed by atoms with Crippen molar-refractivity contribution in [3.63, 3.8) is 0 Å². The molecule has 1 aliphatic heterocycles. The van der Waals surface area contributed by atoms with Crippen molar-refractivity contribution < 1.29 is 0 Å². The summed E-state index contributed by atoms with van der Waals surface area (Å²) in [5, 5.41) is 0.849. The number of benzene rings is 2. The van der Waals surface area contributed by atoms with E-state index in [1.54, 1.807) is 0 Å². The van der Waals surface area contributed by atoms with Gasteiger partial charge in [0, 0.05) is 24.5 Å². The van der Waals surface area contributed by atoms with Crippen molar-refractivity contribution in [3.05, 3.63) is 81.9 Å². The number of rotatable bonds is 5. The van der Waals surface area contributed by atoms with Gasteiger partial charge >= 0.3 is 0 Å². The van der Waals surface area contributed by atoms with Gasteiger partial charge in [-0.2, -0.15) is 0 Å². The van der Waals surface area contributed by atoms with Crippen molar-refractivity contribution in [3.8, 4) is 0 Å². The van der Waals surface area contributed by atoms with Gasteiger partial charge < -0.3 is 0 Å². The topological polar surface area (TPSA) is 3.24 Å². The Labute approximate surface area is 174 Å². The van der Waals surface area contributed by atoms with Crippen molar-refractivity contribution in [1.82, 2.24) is 4.90 Å². The summed E-state index contributed by atoms with van der Waals surface area (Å²) in [6, 6.07) is 13.2. The predicted molar refractivity (Wildman–Crippen MR) is 122 cm³/mol. The maximum atomic E-state index is 6.54. The average molecular weight is 392 g/mol. The Balaban J connectivity index is 1.70. The molecule has 0 radical (unpaired) electrons. The van der Waals surface area contributed by atoms with E-state index in [0.29, 0.717) is 0 Å². The van der Waals surface area contributed by atoms with Crippen LogP contribution in [0, 0.1) is 5.92 Å². The molecule has 4 rings (SSSR count). The third-order valence-corrected chi connectivity index (χ3v) is 6.49. The van der Waals surface area contributed by atoms with Crippen LogP contribution in [0.25, 0.3) is 11.1 Å². The maximum absolute atomic E-state index is 6.54. The summed E-state index contributed by atoms with van der Waals surface area (Å²) in [6.45, 7) is 12.4. The summed E-state index contributed by atoms with van der Waals surface area (Å²) in [5.74, 6) is 0.807. The minimum absolute atomic E-state index is 0.807. The first-order chi connectivity index (χ1) is 13.5. The molecular weight excluding hydrogens is 362 g/mol. The van der Waals surface area contributed by atoms with Crippen LogP contribution in [0.1, 0.15) is 54.5 Å². The molecule has 0 N–H and O–H groups in total. The smallest absolute Gasteiger partial charge is 0.0447 e. The Hall–Kier alpha value is -1.83. The summed E-state index contributed by atoms with van der Waals surface area (Å²) < 4.78 is 0. The number of halogens is 1. The van der Waals surface area contributed by atoms with E-state index in [4.69, 9.17) is 11.6 Å². The fraction of sp³-hybridized carbons (Fsp3) is 0.385. The monoisotopic (exact) mass is 391 g/mol. The predicted octanol–water partition coefficient (Wildman–Crippen LogP) is 6.79. The lowest BCUT2D eigenvalue weighted by atomic mass is 9.83. The summed E-state index contributed by atoms with van der Waals surface area (Å²) in [6.07, 6.45) is 6.78. The first-order valence-electron chi connectivity index (χ1n) is 10.6. The number of nitrogens with zero attached hydrogens (tertiary/aromatic N) is 1. The van der Waals surface area contributed by atoms with Gasteiger partial charge in [0.1, 0.15) is 0 Å². The normalized spacial score (nSPS) is 19.6. The molecule has 1 heterocycles. The van der Waals surface area contributed by atoms with E-state index >= 15 is 0 Å². The first-order valence-corrected chi connectivity index (χ1v) is 10.9. The van der Waals surface area contributed by atoms with Crippen molar-refractivity contribution >= 4 is 22.7 Å². The van der Waals surface area contributed by atoms with Crippen LogP contribution < -0.4 is 0 Å². The summed E-state index contributed by atoms with van der Waals surface area (Å²) >= 11 is 6.54. The lowest BCUT2D eigenvalue weighted by Crippen LogP contribution is -2.21. The number of aryl methyl sites for hydroxylation is 1. The standard InChI is InChI=1S/C26H30ClN/c1-4-6-20-9-10-24(22(14-20)17-28-12-11-18(2)16-28)21-13-19(3)23-7-5-8-26(27)25(23)15-21/h5,7-10,13-14,18H,3-4,6,11-12,15-17H2,1-2H3. The minimum atomic E-state index is 0.807. The molecule has 0 aromatic heterocycles. The number of fused-ring (bicyclic) bond motifs is 1. The van der Waals surface area contributed by atoms with Crippen molar-refractivity contribution in [2.24, 2.45) is 5.92 Å². The first kappa shape index (κ1) is 19.5. The van der Waals surface area contributed by atoms with Crippen LogP contribution in [0.3, 0.4) is 0 Å². The Morgan fingerprint density at radius 3 is 2.79 bits per heavy atom. The molecule has 2 aromatic rings. The second-order valence-electron chi connectivity index (χ2n) is 8.51. The Morgan fingerprint density at radius 1 is 1.18 bits per heavy atom. The van der Waals surface area contributed by atoms with Crippen molar-refractivity contribution in [1.29, 1.82) is 0 Å². The molecule has 1 nitrogen and oxygen atoms in total. The molecule has 0 spiro atoms. The Morgan fingerprint density at radius 2 is 2.04 bits per heavy atom. The molecule has 2 aromatic carbocycles. The van der Waals surface area contributed by atoms with E-state index in [1.807, 2.05) is 12.1 Å². The summed E-state index contributed by atoms with van der Waals surface area (Å²) in [4.78, 5) is 2.61.